The van der Waals surface area contributed by atoms with Gasteiger partial charge in [0.1, 0.15) is 0 Å². The van der Waals surface area contributed by atoms with Crippen molar-refractivity contribution in [2.45, 2.75) is 25.4 Å². The van der Waals surface area contributed by atoms with Gasteiger partial charge in [-0.3, -0.25) is 0 Å². The zero-order valence-electron chi connectivity index (χ0n) is 5.38. The molecule has 0 aliphatic carbocycles. The van der Waals surface area contributed by atoms with Crippen LogP contribution in [0.15, 0.2) is 12.2 Å². The van der Waals surface area contributed by atoms with Gasteiger partial charge in [-0.2, -0.15) is 9.78 Å². The van der Waals surface area contributed by atoms with Gasteiger partial charge < -0.3 is 4.74 Å². The Morgan fingerprint density at radius 1 is 1.00 bits per heavy atom. The molecule has 0 radical (unpaired) electrons. The summed E-state index contributed by atoms with van der Waals surface area (Å²) in [6, 6.07) is 0. The second kappa shape index (κ2) is 1.21. The molecular weight excluding hydrogens is 120 g/mol. The van der Waals surface area contributed by atoms with E-state index in [2.05, 4.69) is 0 Å². The summed E-state index contributed by atoms with van der Waals surface area (Å²) >= 11 is 0. The molecule has 9 heavy (non-hydrogen) atoms. The van der Waals surface area contributed by atoms with Crippen molar-refractivity contribution in [2.24, 2.45) is 0 Å². The van der Waals surface area contributed by atoms with E-state index < -0.39 is 11.6 Å². The molecule has 2 aliphatic heterocycles. The molecule has 0 unspecified atom stereocenters. The first-order valence-corrected chi connectivity index (χ1v) is 2.89. The Labute approximate surface area is 53.1 Å². The molecule has 2 heterocycles. The average Bonchev–Trinajstić information content (AvgIpc) is 2.19. The highest BCUT2D eigenvalue weighted by molar-refractivity contribution is 5.10. The van der Waals surface area contributed by atoms with Crippen LogP contribution in [-0.2, 0) is 14.5 Å². The number of hydrogen-bond donors (Lipinski definition) is 0. The standard InChI is InChI=1S/C6H8O3/c1-5-3-4-6(2,7-5)9-8-5/h3-4H,1-2H3/t5-,6+. The highest BCUT2D eigenvalue weighted by Crippen LogP contribution is 2.40. The first kappa shape index (κ1) is 5.41. The number of fused-ring (bicyclic) bond motifs is 2. The Hall–Kier alpha value is -0.380. The van der Waals surface area contributed by atoms with Crippen LogP contribution in [0.1, 0.15) is 13.8 Å². The van der Waals surface area contributed by atoms with Crippen LogP contribution in [0.2, 0.25) is 0 Å². The summed E-state index contributed by atoms with van der Waals surface area (Å²) in [5, 5.41) is 0. The second-order valence-electron chi connectivity index (χ2n) is 2.63. The van der Waals surface area contributed by atoms with Gasteiger partial charge in [-0.05, 0) is 26.0 Å². The van der Waals surface area contributed by atoms with E-state index in [0.717, 1.165) is 0 Å². The first-order chi connectivity index (χ1) is 4.12. The molecule has 3 nitrogen and oxygen atoms in total. The summed E-state index contributed by atoms with van der Waals surface area (Å²) < 4.78 is 5.29. The molecule has 2 atom stereocenters. The average molecular weight is 128 g/mol. The van der Waals surface area contributed by atoms with Crippen LogP contribution in [0.4, 0.5) is 0 Å². The van der Waals surface area contributed by atoms with Crippen LogP contribution < -0.4 is 0 Å². The number of ether oxygens (including phenoxy) is 1. The molecule has 0 amide bonds. The minimum absolute atomic E-state index is 0.630. The second-order valence-corrected chi connectivity index (χ2v) is 2.63. The van der Waals surface area contributed by atoms with Crippen molar-refractivity contribution in [3.05, 3.63) is 12.2 Å². The Balaban J connectivity index is 2.37. The lowest BCUT2D eigenvalue weighted by Crippen LogP contribution is -2.21. The van der Waals surface area contributed by atoms with E-state index in [1.165, 1.54) is 0 Å². The molecule has 2 rings (SSSR count). The fourth-order valence-electron chi connectivity index (χ4n) is 1.03. The molecular formula is C6H8O3. The van der Waals surface area contributed by atoms with Gasteiger partial charge in [-0.15, -0.1) is 0 Å². The maximum absolute atomic E-state index is 5.29. The molecule has 0 aromatic carbocycles. The quantitative estimate of drug-likeness (QED) is 0.359. The Kier molecular flexibility index (Phi) is 0.726. The predicted molar refractivity (Wildman–Crippen MR) is 29.2 cm³/mol. The summed E-state index contributed by atoms with van der Waals surface area (Å²) in [5.74, 6) is -1.26. The Bertz CT molecular complexity index is 159. The van der Waals surface area contributed by atoms with Crippen molar-refractivity contribution >= 4 is 0 Å². The third-order valence-electron chi connectivity index (χ3n) is 1.47. The molecule has 0 aromatic heterocycles. The third kappa shape index (κ3) is 0.625. The van der Waals surface area contributed by atoms with E-state index in [1.54, 1.807) is 0 Å². The molecule has 1 fully saturated rings. The summed E-state index contributed by atoms with van der Waals surface area (Å²) in [7, 11) is 0. The van der Waals surface area contributed by atoms with E-state index in [-0.39, 0.29) is 0 Å². The van der Waals surface area contributed by atoms with Crippen LogP contribution >= 0.6 is 0 Å². The van der Waals surface area contributed by atoms with Crippen LogP contribution in [0.25, 0.3) is 0 Å². The lowest BCUT2D eigenvalue weighted by atomic mass is 10.3. The molecule has 0 N–H and O–H groups in total. The van der Waals surface area contributed by atoms with Gasteiger partial charge in [0.05, 0.1) is 0 Å². The monoisotopic (exact) mass is 128 g/mol. The number of rotatable bonds is 0. The van der Waals surface area contributed by atoms with E-state index in [4.69, 9.17) is 14.5 Å². The maximum Gasteiger partial charge on any atom is 0.221 e. The fourth-order valence-corrected chi connectivity index (χ4v) is 1.03. The molecule has 0 spiro atoms. The lowest BCUT2D eigenvalue weighted by Gasteiger charge is -2.09. The van der Waals surface area contributed by atoms with Gasteiger partial charge >= 0.3 is 0 Å². The van der Waals surface area contributed by atoms with Crippen molar-refractivity contribution in [2.75, 3.05) is 0 Å². The number of hydrogen-bond acceptors (Lipinski definition) is 3. The highest BCUT2D eigenvalue weighted by atomic mass is 17.3. The smallest absolute Gasteiger partial charge is 0.221 e. The maximum atomic E-state index is 5.29. The summed E-state index contributed by atoms with van der Waals surface area (Å²) in [5.41, 5.74) is 0. The van der Waals surface area contributed by atoms with E-state index in [0.29, 0.717) is 0 Å². The minimum atomic E-state index is -0.630. The molecule has 1 saturated heterocycles. The molecule has 3 heteroatoms. The zero-order chi connectivity index (χ0) is 6.54. The SMILES string of the molecule is C[C@]12C=C[C@](C)(OO1)O2. The first-order valence-electron chi connectivity index (χ1n) is 2.89. The van der Waals surface area contributed by atoms with Gasteiger partial charge in [-0.25, -0.2) is 0 Å². The van der Waals surface area contributed by atoms with E-state index in [9.17, 15) is 0 Å². The summed E-state index contributed by atoms with van der Waals surface area (Å²) in [6.45, 7) is 3.61. The van der Waals surface area contributed by atoms with Gasteiger partial charge in [0.15, 0.2) is 0 Å². The van der Waals surface area contributed by atoms with Crippen molar-refractivity contribution in [1.82, 2.24) is 0 Å². The van der Waals surface area contributed by atoms with Gasteiger partial charge in [-0.1, -0.05) is 0 Å². The van der Waals surface area contributed by atoms with Gasteiger partial charge in [0, 0.05) is 0 Å². The van der Waals surface area contributed by atoms with Crippen LogP contribution in [0, 0.1) is 0 Å². The Morgan fingerprint density at radius 2 is 1.44 bits per heavy atom. The van der Waals surface area contributed by atoms with Crippen molar-refractivity contribution in [1.29, 1.82) is 0 Å². The molecule has 50 valence electrons. The van der Waals surface area contributed by atoms with Gasteiger partial charge in [0.25, 0.3) is 0 Å². The van der Waals surface area contributed by atoms with Crippen molar-refractivity contribution < 1.29 is 14.5 Å². The van der Waals surface area contributed by atoms with Crippen LogP contribution in [0.3, 0.4) is 0 Å². The minimum Gasteiger partial charge on any atom is -0.306 e. The van der Waals surface area contributed by atoms with E-state index >= 15 is 0 Å². The zero-order valence-corrected chi connectivity index (χ0v) is 5.38. The molecule has 2 aliphatic rings. The van der Waals surface area contributed by atoms with Crippen molar-refractivity contribution in [3.63, 3.8) is 0 Å². The predicted octanol–water partition coefficient (Wildman–Crippen LogP) is 0.967. The van der Waals surface area contributed by atoms with Gasteiger partial charge in [0.2, 0.25) is 11.6 Å². The topological polar surface area (TPSA) is 27.7 Å². The summed E-state index contributed by atoms with van der Waals surface area (Å²) in [6.07, 6.45) is 3.69. The molecule has 0 saturated carbocycles. The van der Waals surface area contributed by atoms with Crippen LogP contribution in [-0.4, -0.2) is 11.6 Å². The largest absolute Gasteiger partial charge is 0.306 e. The highest BCUT2D eigenvalue weighted by Gasteiger charge is 2.49. The van der Waals surface area contributed by atoms with E-state index in [1.807, 2.05) is 26.0 Å². The molecule has 2 bridgehead atoms. The Morgan fingerprint density at radius 3 is 1.56 bits per heavy atom. The molecule has 0 aromatic rings. The fraction of sp³-hybridized carbons (Fsp3) is 0.667. The normalized spacial score (nSPS) is 54.9. The van der Waals surface area contributed by atoms with Crippen molar-refractivity contribution in [3.8, 4) is 0 Å². The summed E-state index contributed by atoms with van der Waals surface area (Å²) in [4.78, 5) is 9.67. The van der Waals surface area contributed by atoms with Crippen LogP contribution in [0.5, 0.6) is 0 Å². The lowest BCUT2D eigenvalue weighted by molar-refractivity contribution is -0.332. The third-order valence-corrected chi connectivity index (χ3v) is 1.47.